The summed E-state index contributed by atoms with van der Waals surface area (Å²) in [6.45, 7) is 4.57. The molecule has 0 amide bonds. The molecule has 5 rings (SSSR count). The fraction of sp³-hybridized carbons (Fsp3) is 0.286. The first kappa shape index (κ1) is 32.1. The summed E-state index contributed by atoms with van der Waals surface area (Å²) in [5.41, 5.74) is 13.1. The summed E-state index contributed by atoms with van der Waals surface area (Å²) in [5, 5.41) is 1.54. The van der Waals surface area contributed by atoms with E-state index in [0.717, 1.165) is 22.9 Å². The summed E-state index contributed by atoms with van der Waals surface area (Å²) in [4.78, 5) is 0. The van der Waals surface area contributed by atoms with Gasteiger partial charge in [-0.25, -0.2) is 0 Å². The third-order valence-electron chi connectivity index (χ3n) is 8.68. The second-order valence-corrected chi connectivity index (χ2v) is 12.8. The van der Waals surface area contributed by atoms with Crippen LogP contribution in [-0.4, -0.2) is 0 Å². The van der Waals surface area contributed by atoms with E-state index in [1.54, 1.807) is 0 Å². The number of aryl methyl sites for hydroxylation is 2. The quantitative estimate of drug-likeness (QED) is 0.109. The fourth-order valence-electron chi connectivity index (χ4n) is 6.09. The zero-order valence-corrected chi connectivity index (χ0v) is 27.7. The highest BCUT2D eigenvalue weighted by Gasteiger charge is 2.14. The number of hydrogen-bond donors (Lipinski definition) is 0. The lowest BCUT2D eigenvalue weighted by atomic mass is 9.86. The summed E-state index contributed by atoms with van der Waals surface area (Å²) in [5.74, 6) is 0. The Bertz CT molecular complexity index is 1470. The maximum absolute atomic E-state index is 6.15. The molecular formula is C42H44Cl2. The van der Waals surface area contributed by atoms with E-state index in [0.29, 0.717) is 0 Å². The molecule has 0 saturated heterocycles. The van der Waals surface area contributed by atoms with Gasteiger partial charge in [0.1, 0.15) is 0 Å². The molecule has 0 unspecified atom stereocenters. The van der Waals surface area contributed by atoms with Crippen LogP contribution in [-0.2, 0) is 12.8 Å². The van der Waals surface area contributed by atoms with Gasteiger partial charge in [0, 0.05) is 10.0 Å². The molecule has 2 heteroatoms. The average Bonchev–Trinajstić information content (AvgIpc) is 3.06. The van der Waals surface area contributed by atoms with Gasteiger partial charge in [0.2, 0.25) is 0 Å². The van der Waals surface area contributed by atoms with Crippen molar-refractivity contribution < 1.29 is 0 Å². The molecule has 44 heavy (non-hydrogen) atoms. The third-order valence-corrected chi connectivity index (χ3v) is 9.18. The summed E-state index contributed by atoms with van der Waals surface area (Å²) in [7, 11) is 0. The van der Waals surface area contributed by atoms with Crippen molar-refractivity contribution in [3.8, 4) is 44.5 Å². The van der Waals surface area contributed by atoms with E-state index in [9.17, 15) is 0 Å². The van der Waals surface area contributed by atoms with Crippen LogP contribution in [0.25, 0.3) is 44.5 Å². The minimum atomic E-state index is 0.768. The lowest BCUT2D eigenvalue weighted by Gasteiger charge is -2.18. The number of unbranched alkanes of at least 4 members (excludes halogenated alkanes) is 6. The van der Waals surface area contributed by atoms with Crippen molar-refractivity contribution in [1.82, 2.24) is 0 Å². The van der Waals surface area contributed by atoms with Crippen LogP contribution >= 0.6 is 23.2 Å². The number of rotatable bonds is 14. The van der Waals surface area contributed by atoms with Crippen LogP contribution in [0.4, 0.5) is 0 Å². The molecule has 0 aliphatic heterocycles. The first-order valence-electron chi connectivity index (χ1n) is 16.4. The summed E-state index contributed by atoms with van der Waals surface area (Å²) in [6, 6.07) is 39.5. The monoisotopic (exact) mass is 618 g/mol. The van der Waals surface area contributed by atoms with Gasteiger partial charge in [0.25, 0.3) is 0 Å². The number of benzene rings is 5. The largest absolute Gasteiger partial charge is 0.0843 e. The van der Waals surface area contributed by atoms with Gasteiger partial charge in [-0.05, 0) is 106 Å². The SMILES string of the molecule is CCCCCCc1cc(-c2ccc(-c3ccc(Cl)cc3)cc2)c(CCCCCC)cc1-c1ccc(-c2ccc(Cl)cc2)cc1. The Balaban J connectivity index is 1.53. The predicted molar refractivity (Wildman–Crippen MR) is 194 cm³/mol. The summed E-state index contributed by atoms with van der Waals surface area (Å²) >= 11 is 12.3. The number of hydrogen-bond acceptors (Lipinski definition) is 0. The fourth-order valence-corrected chi connectivity index (χ4v) is 6.35. The third kappa shape index (κ3) is 8.44. The highest BCUT2D eigenvalue weighted by molar-refractivity contribution is 6.30. The molecule has 0 fully saturated rings. The Morgan fingerprint density at radius 1 is 0.364 bits per heavy atom. The van der Waals surface area contributed by atoms with E-state index >= 15 is 0 Å². The van der Waals surface area contributed by atoms with Crippen molar-refractivity contribution in [2.24, 2.45) is 0 Å². The van der Waals surface area contributed by atoms with Gasteiger partial charge in [-0.3, -0.25) is 0 Å². The van der Waals surface area contributed by atoms with E-state index in [-0.39, 0.29) is 0 Å². The van der Waals surface area contributed by atoms with Crippen molar-refractivity contribution in [3.63, 3.8) is 0 Å². The van der Waals surface area contributed by atoms with Crippen LogP contribution in [0.15, 0.2) is 109 Å². The van der Waals surface area contributed by atoms with Crippen LogP contribution in [0.3, 0.4) is 0 Å². The highest BCUT2D eigenvalue weighted by atomic mass is 35.5. The van der Waals surface area contributed by atoms with Gasteiger partial charge in [-0.1, -0.05) is 161 Å². The van der Waals surface area contributed by atoms with Gasteiger partial charge in [-0.2, -0.15) is 0 Å². The Kier molecular flexibility index (Phi) is 11.8. The highest BCUT2D eigenvalue weighted by Crippen LogP contribution is 2.36. The minimum absolute atomic E-state index is 0.768. The zero-order valence-electron chi connectivity index (χ0n) is 26.2. The molecule has 0 N–H and O–H groups in total. The Morgan fingerprint density at radius 3 is 0.977 bits per heavy atom. The van der Waals surface area contributed by atoms with E-state index in [1.165, 1.54) is 107 Å². The van der Waals surface area contributed by atoms with Crippen molar-refractivity contribution in [3.05, 3.63) is 130 Å². The van der Waals surface area contributed by atoms with Gasteiger partial charge in [-0.15, -0.1) is 0 Å². The first-order chi connectivity index (χ1) is 21.6. The van der Waals surface area contributed by atoms with Crippen molar-refractivity contribution in [2.45, 2.75) is 78.1 Å². The summed E-state index contributed by atoms with van der Waals surface area (Å²) < 4.78 is 0. The van der Waals surface area contributed by atoms with Crippen molar-refractivity contribution >= 4 is 23.2 Å². The second-order valence-electron chi connectivity index (χ2n) is 12.0. The lowest BCUT2D eigenvalue weighted by molar-refractivity contribution is 0.664. The van der Waals surface area contributed by atoms with Gasteiger partial charge < -0.3 is 0 Å². The molecule has 0 atom stereocenters. The minimum Gasteiger partial charge on any atom is -0.0843 e. The van der Waals surface area contributed by atoms with Crippen LogP contribution < -0.4 is 0 Å². The molecule has 5 aromatic rings. The second kappa shape index (κ2) is 16.1. The zero-order chi connectivity index (χ0) is 30.7. The molecular weight excluding hydrogens is 575 g/mol. The molecule has 0 aliphatic rings. The molecule has 0 aromatic heterocycles. The van der Waals surface area contributed by atoms with E-state index in [1.807, 2.05) is 24.3 Å². The number of halogens is 2. The summed E-state index contributed by atoms with van der Waals surface area (Å²) in [6.07, 6.45) is 12.3. The van der Waals surface area contributed by atoms with Crippen molar-refractivity contribution in [1.29, 1.82) is 0 Å². The van der Waals surface area contributed by atoms with Gasteiger partial charge in [0.15, 0.2) is 0 Å². The van der Waals surface area contributed by atoms with Crippen LogP contribution in [0, 0.1) is 0 Å². The molecule has 0 spiro atoms. The standard InChI is InChI=1S/C42H44Cl2/c1-3-5-7-9-11-37-29-42(36-19-15-32(16-20-36)34-23-27-40(44)28-24-34)38(12-10-8-6-4-2)30-41(37)35-17-13-31(14-18-35)33-21-25-39(43)26-22-33/h13-30H,3-12H2,1-2H3. The van der Waals surface area contributed by atoms with Crippen LogP contribution in [0.1, 0.15) is 76.3 Å². The van der Waals surface area contributed by atoms with E-state index in [4.69, 9.17) is 23.2 Å². The van der Waals surface area contributed by atoms with Gasteiger partial charge >= 0.3 is 0 Å². The Morgan fingerprint density at radius 2 is 0.659 bits per heavy atom. The van der Waals surface area contributed by atoms with E-state index in [2.05, 4.69) is 98.8 Å². The molecule has 0 nitrogen and oxygen atoms in total. The normalized spacial score (nSPS) is 11.2. The van der Waals surface area contributed by atoms with Crippen LogP contribution in [0.5, 0.6) is 0 Å². The molecule has 0 bridgehead atoms. The van der Waals surface area contributed by atoms with Crippen LogP contribution in [0.2, 0.25) is 10.0 Å². The topological polar surface area (TPSA) is 0 Å². The Hall–Kier alpha value is -3.32. The molecule has 0 saturated carbocycles. The lowest BCUT2D eigenvalue weighted by Crippen LogP contribution is -1.99. The molecule has 0 radical (unpaired) electrons. The predicted octanol–water partition coefficient (Wildman–Crippen LogP) is 13.9. The smallest absolute Gasteiger partial charge is 0.0406 e. The van der Waals surface area contributed by atoms with Gasteiger partial charge in [0.05, 0.1) is 0 Å². The maximum Gasteiger partial charge on any atom is 0.0406 e. The molecule has 5 aromatic carbocycles. The maximum atomic E-state index is 6.15. The average molecular weight is 620 g/mol. The molecule has 0 heterocycles. The first-order valence-corrected chi connectivity index (χ1v) is 17.2. The van der Waals surface area contributed by atoms with Crippen molar-refractivity contribution in [2.75, 3.05) is 0 Å². The Labute approximate surface area is 275 Å². The van der Waals surface area contributed by atoms with E-state index < -0.39 is 0 Å². The molecule has 0 aliphatic carbocycles. The molecule has 226 valence electrons.